The van der Waals surface area contributed by atoms with Crippen molar-refractivity contribution in [1.29, 1.82) is 0 Å². The Bertz CT molecular complexity index is 275. The molecule has 0 aromatic heterocycles. The van der Waals surface area contributed by atoms with Crippen LogP contribution in [0.4, 0.5) is 0 Å². The van der Waals surface area contributed by atoms with Crippen molar-refractivity contribution >= 4 is 5.91 Å². The van der Waals surface area contributed by atoms with Gasteiger partial charge < -0.3 is 10.6 Å². The lowest BCUT2D eigenvalue weighted by Gasteiger charge is -2.33. The summed E-state index contributed by atoms with van der Waals surface area (Å²) in [5.74, 6) is 0.838. The molecule has 0 saturated carbocycles. The minimum Gasteiger partial charge on any atom is -0.351 e. The van der Waals surface area contributed by atoms with Crippen molar-refractivity contribution in [3.05, 3.63) is 12.7 Å². The van der Waals surface area contributed by atoms with Gasteiger partial charge in [0.2, 0.25) is 5.91 Å². The average Bonchev–Trinajstić information content (AvgIpc) is 2.44. The van der Waals surface area contributed by atoms with Crippen molar-refractivity contribution in [3.8, 4) is 0 Å². The van der Waals surface area contributed by atoms with Crippen molar-refractivity contribution in [1.82, 2.24) is 15.5 Å². The highest BCUT2D eigenvalue weighted by atomic mass is 16.2. The highest BCUT2D eigenvalue weighted by Crippen LogP contribution is 2.15. The van der Waals surface area contributed by atoms with E-state index in [1.807, 2.05) is 6.92 Å². The maximum Gasteiger partial charge on any atom is 0.237 e. The maximum absolute atomic E-state index is 12.0. The van der Waals surface area contributed by atoms with Crippen molar-refractivity contribution < 1.29 is 4.79 Å². The molecule has 19 heavy (non-hydrogen) atoms. The van der Waals surface area contributed by atoms with E-state index in [1.54, 1.807) is 6.08 Å². The van der Waals surface area contributed by atoms with Gasteiger partial charge in [-0.1, -0.05) is 13.0 Å². The quantitative estimate of drug-likeness (QED) is 0.653. The minimum atomic E-state index is -0.0465. The highest BCUT2D eigenvalue weighted by molar-refractivity contribution is 5.81. The number of carbonyl (C=O) groups excluding carboxylic acids is 1. The summed E-state index contributed by atoms with van der Waals surface area (Å²) in [5, 5.41) is 6.29. The molecule has 1 heterocycles. The predicted octanol–water partition coefficient (Wildman–Crippen LogP) is 1.39. The van der Waals surface area contributed by atoms with Gasteiger partial charge in [0.25, 0.3) is 0 Å². The molecule has 1 unspecified atom stereocenters. The summed E-state index contributed by atoms with van der Waals surface area (Å²) in [6.07, 6.45) is 5.26. The largest absolute Gasteiger partial charge is 0.351 e. The van der Waals surface area contributed by atoms with Crippen LogP contribution < -0.4 is 10.6 Å². The van der Waals surface area contributed by atoms with Gasteiger partial charge in [0, 0.05) is 13.1 Å². The molecule has 1 aliphatic rings. The molecule has 110 valence electrons. The summed E-state index contributed by atoms with van der Waals surface area (Å²) < 4.78 is 0. The van der Waals surface area contributed by atoms with Gasteiger partial charge in [0.15, 0.2) is 0 Å². The Kier molecular flexibility index (Phi) is 7.75. The first kappa shape index (κ1) is 16.2. The molecule has 0 aliphatic carbocycles. The summed E-state index contributed by atoms with van der Waals surface area (Å²) in [6.45, 7) is 12.6. The molecule has 0 spiro atoms. The van der Waals surface area contributed by atoms with Crippen LogP contribution in [0.25, 0.3) is 0 Å². The molecular formula is C15H29N3O. The van der Waals surface area contributed by atoms with E-state index >= 15 is 0 Å². The lowest BCUT2D eigenvalue weighted by Crippen LogP contribution is -2.48. The molecule has 2 N–H and O–H groups in total. The van der Waals surface area contributed by atoms with E-state index in [0.29, 0.717) is 6.54 Å². The summed E-state index contributed by atoms with van der Waals surface area (Å²) in [6, 6.07) is -0.0465. The van der Waals surface area contributed by atoms with Crippen LogP contribution in [-0.2, 0) is 4.79 Å². The van der Waals surface area contributed by atoms with Gasteiger partial charge in [0.05, 0.1) is 6.04 Å². The van der Waals surface area contributed by atoms with Gasteiger partial charge in [-0.2, -0.15) is 0 Å². The molecule has 0 radical (unpaired) electrons. The van der Waals surface area contributed by atoms with Gasteiger partial charge in [-0.05, 0) is 51.7 Å². The van der Waals surface area contributed by atoms with E-state index < -0.39 is 0 Å². The summed E-state index contributed by atoms with van der Waals surface area (Å²) >= 11 is 0. The van der Waals surface area contributed by atoms with Crippen molar-refractivity contribution in [3.63, 3.8) is 0 Å². The van der Waals surface area contributed by atoms with Gasteiger partial charge >= 0.3 is 0 Å². The summed E-state index contributed by atoms with van der Waals surface area (Å²) in [7, 11) is 0. The molecule has 1 rings (SSSR count). The number of hydrogen-bond acceptors (Lipinski definition) is 3. The molecule has 4 heteroatoms. The number of amides is 1. The van der Waals surface area contributed by atoms with E-state index in [2.05, 4.69) is 29.0 Å². The molecule has 0 bridgehead atoms. The van der Waals surface area contributed by atoms with Gasteiger partial charge in [-0.3, -0.25) is 9.69 Å². The Morgan fingerprint density at radius 3 is 2.79 bits per heavy atom. The second-order valence-corrected chi connectivity index (χ2v) is 5.40. The SMILES string of the molecule is C=CCNC(=O)C(C)N(CCC)CC1CCNCC1. The van der Waals surface area contributed by atoms with Crippen molar-refractivity contribution in [2.45, 2.75) is 39.2 Å². The zero-order valence-electron chi connectivity index (χ0n) is 12.5. The monoisotopic (exact) mass is 267 g/mol. The average molecular weight is 267 g/mol. The fraction of sp³-hybridized carbons (Fsp3) is 0.800. The molecule has 0 aromatic rings. The third kappa shape index (κ3) is 5.74. The fourth-order valence-electron chi connectivity index (χ4n) is 2.61. The van der Waals surface area contributed by atoms with E-state index in [9.17, 15) is 4.79 Å². The Hall–Kier alpha value is -0.870. The maximum atomic E-state index is 12.0. The normalized spacial score (nSPS) is 18.3. The van der Waals surface area contributed by atoms with Gasteiger partial charge in [0.1, 0.15) is 0 Å². The first-order chi connectivity index (χ1) is 9.19. The van der Waals surface area contributed by atoms with Crippen molar-refractivity contribution in [2.75, 3.05) is 32.7 Å². The second-order valence-electron chi connectivity index (χ2n) is 5.40. The number of carbonyl (C=O) groups is 1. The number of piperidine rings is 1. The van der Waals surface area contributed by atoms with Crippen LogP contribution in [0.1, 0.15) is 33.1 Å². The van der Waals surface area contributed by atoms with E-state index in [-0.39, 0.29) is 11.9 Å². The lowest BCUT2D eigenvalue weighted by atomic mass is 9.97. The zero-order valence-corrected chi connectivity index (χ0v) is 12.5. The van der Waals surface area contributed by atoms with E-state index in [4.69, 9.17) is 0 Å². The number of nitrogens with one attached hydrogen (secondary N) is 2. The van der Waals surface area contributed by atoms with E-state index in [1.165, 1.54) is 12.8 Å². The fourth-order valence-corrected chi connectivity index (χ4v) is 2.61. The Balaban J connectivity index is 2.48. The van der Waals surface area contributed by atoms with Crippen LogP contribution in [0.2, 0.25) is 0 Å². The van der Waals surface area contributed by atoms with Crippen LogP contribution in [-0.4, -0.2) is 49.6 Å². The summed E-state index contributed by atoms with van der Waals surface area (Å²) in [5.41, 5.74) is 0. The smallest absolute Gasteiger partial charge is 0.237 e. The molecule has 0 aromatic carbocycles. The Morgan fingerprint density at radius 1 is 1.53 bits per heavy atom. The molecule has 1 atom stereocenters. The Labute approximate surface area is 117 Å². The van der Waals surface area contributed by atoms with Crippen molar-refractivity contribution in [2.24, 2.45) is 5.92 Å². The lowest BCUT2D eigenvalue weighted by molar-refractivity contribution is -0.126. The summed E-state index contributed by atoms with van der Waals surface area (Å²) in [4.78, 5) is 14.4. The molecule has 1 aliphatic heterocycles. The van der Waals surface area contributed by atoms with Gasteiger partial charge in [-0.25, -0.2) is 0 Å². The molecule has 1 saturated heterocycles. The third-order valence-electron chi connectivity index (χ3n) is 3.81. The molecule has 4 nitrogen and oxygen atoms in total. The predicted molar refractivity (Wildman–Crippen MR) is 80.1 cm³/mol. The minimum absolute atomic E-state index is 0.0465. The highest BCUT2D eigenvalue weighted by Gasteiger charge is 2.24. The first-order valence-corrected chi connectivity index (χ1v) is 7.52. The first-order valence-electron chi connectivity index (χ1n) is 7.52. The Morgan fingerprint density at radius 2 is 2.21 bits per heavy atom. The topological polar surface area (TPSA) is 44.4 Å². The third-order valence-corrected chi connectivity index (χ3v) is 3.81. The van der Waals surface area contributed by atoms with Crippen LogP contribution in [0.15, 0.2) is 12.7 Å². The number of nitrogens with zero attached hydrogens (tertiary/aromatic N) is 1. The number of rotatable bonds is 8. The zero-order chi connectivity index (χ0) is 14.1. The van der Waals surface area contributed by atoms with Crippen LogP contribution in [0, 0.1) is 5.92 Å². The second kappa shape index (κ2) is 9.10. The van der Waals surface area contributed by atoms with Crippen LogP contribution in [0.3, 0.4) is 0 Å². The van der Waals surface area contributed by atoms with Gasteiger partial charge in [-0.15, -0.1) is 6.58 Å². The standard InChI is InChI=1S/C15H29N3O/c1-4-8-17-15(19)13(3)18(11-5-2)12-14-6-9-16-10-7-14/h4,13-14,16H,1,5-12H2,2-3H3,(H,17,19). The molecular weight excluding hydrogens is 238 g/mol. The molecule has 1 fully saturated rings. The number of hydrogen-bond donors (Lipinski definition) is 2. The van der Waals surface area contributed by atoms with Crippen LogP contribution in [0.5, 0.6) is 0 Å². The molecule has 1 amide bonds. The van der Waals surface area contributed by atoms with Crippen LogP contribution >= 0.6 is 0 Å². The van der Waals surface area contributed by atoms with E-state index in [0.717, 1.165) is 38.5 Å².